The van der Waals surface area contributed by atoms with Crippen LogP contribution >= 0.6 is 15.9 Å². The molecule has 1 aliphatic rings. The van der Waals surface area contributed by atoms with Crippen LogP contribution in [0.15, 0.2) is 76.3 Å². The molecule has 0 saturated carbocycles. The Morgan fingerprint density at radius 2 is 1.88 bits per heavy atom. The Morgan fingerprint density at radius 3 is 2.59 bits per heavy atom. The summed E-state index contributed by atoms with van der Waals surface area (Å²) in [5.74, 6) is 0.0816. The van der Waals surface area contributed by atoms with Crippen molar-refractivity contribution >= 4 is 33.7 Å². The van der Waals surface area contributed by atoms with E-state index in [9.17, 15) is 9.18 Å². The van der Waals surface area contributed by atoms with E-state index in [1.54, 1.807) is 24.4 Å². The second-order valence-electron chi connectivity index (χ2n) is 7.55. The summed E-state index contributed by atoms with van der Waals surface area (Å²) in [6.07, 6.45) is 4.00. The van der Waals surface area contributed by atoms with E-state index >= 15 is 0 Å². The van der Waals surface area contributed by atoms with Crippen LogP contribution < -0.4 is 15.1 Å². The first kappa shape index (κ1) is 22.0. The van der Waals surface area contributed by atoms with Crippen LogP contribution in [-0.2, 0) is 6.61 Å². The van der Waals surface area contributed by atoms with Crippen molar-refractivity contribution in [2.75, 3.05) is 18.0 Å². The van der Waals surface area contributed by atoms with Crippen LogP contribution in [0.1, 0.15) is 34.3 Å². The number of carbonyl (C=O) groups is 1. The highest BCUT2D eigenvalue weighted by molar-refractivity contribution is 9.10. The number of rotatable bonds is 7. The number of nitrogens with one attached hydrogen (secondary N) is 1. The number of ether oxygens (including phenoxy) is 1. The predicted octanol–water partition coefficient (Wildman–Crippen LogP) is 5.53. The molecule has 1 heterocycles. The molecule has 1 fully saturated rings. The van der Waals surface area contributed by atoms with Gasteiger partial charge in [-0.15, -0.1) is 0 Å². The van der Waals surface area contributed by atoms with E-state index in [-0.39, 0.29) is 18.3 Å². The maximum absolute atomic E-state index is 13.3. The monoisotopic (exact) mass is 495 g/mol. The van der Waals surface area contributed by atoms with Crippen LogP contribution in [0.5, 0.6) is 5.75 Å². The first-order valence-corrected chi connectivity index (χ1v) is 11.2. The Bertz CT molecular complexity index is 1110. The Kier molecular flexibility index (Phi) is 7.17. The van der Waals surface area contributed by atoms with Gasteiger partial charge in [-0.3, -0.25) is 4.79 Å². The van der Waals surface area contributed by atoms with E-state index in [2.05, 4.69) is 31.4 Å². The molecule has 0 unspecified atom stereocenters. The van der Waals surface area contributed by atoms with Crippen molar-refractivity contribution in [3.63, 3.8) is 0 Å². The minimum atomic E-state index is -0.290. The van der Waals surface area contributed by atoms with Crippen molar-refractivity contribution in [1.29, 1.82) is 0 Å². The molecule has 164 valence electrons. The Balaban J connectivity index is 1.31. The summed E-state index contributed by atoms with van der Waals surface area (Å²) in [6, 6.07) is 19.3. The van der Waals surface area contributed by atoms with Gasteiger partial charge in [0.15, 0.2) is 0 Å². The molecule has 1 amide bonds. The largest absolute Gasteiger partial charge is 0.488 e. The number of hydrazone groups is 1. The molecule has 0 spiro atoms. The van der Waals surface area contributed by atoms with Gasteiger partial charge in [0.1, 0.15) is 18.2 Å². The minimum absolute atomic E-state index is 0.260. The summed E-state index contributed by atoms with van der Waals surface area (Å²) in [6.45, 7) is 2.40. The topological polar surface area (TPSA) is 53.9 Å². The summed E-state index contributed by atoms with van der Waals surface area (Å²) in [5.41, 5.74) is 5.81. The second kappa shape index (κ2) is 10.4. The van der Waals surface area contributed by atoms with E-state index in [1.807, 2.05) is 36.4 Å². The van der Waals surface area contributed by atoms with Crippen molar-refractivity contribution in [3.05, 3.63) is 93.7 Å². The van der Waals surface area contributed by atoms with Gasteiger partial charge >= 0.3 is 0 Å². The molecule has 0 bridgehead atoms. The van der Waals surface area contributed by atoms with Crippen molar-refractivity contribution < 1.29 is 13.9 Å². The van der Waals surface area contributed by atoms with Gasteiger partial charge in [-0.1, -0.05) is 12.1 Å². The van der Waals surface area contributed by atoms with Gasteiger partial charge in [0.25, 0.3) is 5.91 Å². The third-order valence-electron chi connectivity index (χ3n) is 5.22. The number of hydrogen-bond donors (Lipinski definition) is 1. The lowest BCUT2D eigenvalue weighted by Crippen LogP contribution is -2.19. The zero-order valence-corrected chi connectivity index (χ0v) is 19.0. The zero-order valence-electron chi connectivity index (χ0n) is 17.4. The summed E-state index contributed by atoms with van der Waals surface area (Å²) in [7, 11) is 0. The molecule has 0 radical (unpaired) electrons. The first-order valence-electron chi connectivity index (χ1n) is 10.4. The average molecular weight is 496 g/mol. The van der Waals surface area contributed by atoms with Gasteiger partial charge in [-0.25, -0.2) is 9.82 Å². The number of amides is 1. The third kappa shape index (κ3) is 5.73. The van der Waals surface area contributed by atoms with Crippen LogP contribution in [0.3, 0.4) is 0 Å². The average Bonchev–Trinajstić information content (AvgIpc) is 3.34. The molecule has 1 aliphatic heterocycles. The van der Waals surface area contributed by atoms with Gasteiger partial charge in [-0.2, -0.15) is 5.10 Å². The maximum Gasteiger partial charge on any atom is 0.271 e. The molecular formula is C25H23BrFN3O2. The number of hydrogen-bond acceptors (Lipinski definition) is 4. The molecule has 7 heteroatoms. The first-order chi connectivity index (χ1) is 15.6. The Hall–Kier alpha value is -3.19. The maximum atomic E-state index is 13.3. The van der Waals surface area contributed by atoms with Crippen LogP contribution in [0.4, 0.5) is 10.1 Å². The highest BCUT2D eigenvalue weighted by atomic mass is 79.9. The van der Waals surface area contributed by atoms with Crippen LogP contribution in [0.2, 0.25) is 0 Å². The predicted molar refractivity (Wildman–Crippen MR) is 128 cm³/mol. The molecule has 3 aromatic carbocycles. The molecule has 1 N–H and O–H groups in total. The van der Waals surface area contributed by atoms with E-state index < -0.39 is 0 Å². The smallest absolute Gasteiger partial charge is 0.271 e. The lowest BCUT2D eigenvalue weighted by molar-refractivity contribution is 0.0955. The molecular weight excluding hydrogens is 473 g/mol. The van der Waals surface area contributed by atoms with Gasteiger partial charge in [0.05, 0.1) is 10.7 Å². The van der Waals surface area contributed by atoms with Gasteiger partial charge < -0.3 is 9.64 Å². The molecule has 0 aliphatic carbocycles. The van der Waals surface area contributed by atoms with Crippen molar-refractivity contribution in [2.24, 2.45) is 5.10 Å². The molecule has 1 saturated heterocycles. The zero-order chi connectivity index (χ0) is 22.3. The molecule has 3 aromatic rings. The summed E-state index contributed by atoms with van der Waals surface area (Å²) in [4.78, 5) is 14.7. The van der Waals surface area contributed by atoms with Gasteiger partial charge in [0, 0.05) is 24.3 Å². The number of nitrogens with zero attached hydrogens (tertiary/aromatic N) is 2. The number of carbonyl (C=O) groups excluding carboxylic acids is 1. The molecule has 0 aromatic heterocycles. The van der Waals surface area contributed by atoms with Crippen LogP contribution in [0.25, 0.3) is 0 Å². The molecule has 0 atom stereocenters. The lowest BCUT2D eigenvalue weighted by Gasteiger charge is -2.17. The fourth-order valence-corrected chi connectivity index (χ4v) is 4.04. The number of halogens is 2. The standard InChI is InChI=1S/C25H23BrFN3O2/c26-23-15-18(6-11-24(23)32-17-19-4-3-5-21(27)14-19)16-28-29-25(31)20-7-9-22(10-8-20)30-12-1-2-13-30/h3-11,14-16H,1-2,12-13,17H2,(H,29,31)/b28-16-. The highest BCUT2D eigenvalue weighted by Gasteiger charge is 2.13. The summed E-state index contributed by atoms with van der Waals surface area (Å²) in [5, 5.41) is 4.05. The van der Waals surface area contributed by atoms with Gasteiger partial charge in [0.2, 0.25) is 0 Å². The third-order valence-corrected chi connectivity index (χ3v) is 5.84. The van der Waals surface area contributed by atoms with Gasteiger partial charge in [-0.05, 0) is 94.5 Å². The summed E-state index contributed by atoms with van der Waals surface area (Å²) < 4.78 is 19.8. The van der Waals surface area contributed by atoms with Crippen LogP contribution in [-0.4, -0.2) is 25.2 Å². The number of benzene rings is 3. The Morgan fingerprint density at radius 1 is 1.09 bits per heavy atom. The minimum Gasteiger partial charge on any atom is -0.488 e. The van der Waals surface area contributed by atoms with Crippen LogP contribution in [0, 0.1) is 5.82 Å². The summed E-state index contributed by atoms with van der Waals surface area (Å²) >= 11 is 3.48. The van der Waals surface area contributed by atoms with Crippen molar-refractivity contribution in [1.82, 2.24) is 5.43 Å². The fraction of sp³-hybridized carbons (Fsp3) is 0.200. The normalized spacial score (nSPS) is 13.5. The van der Waals surface area contributed by atoms with E-state index in [1.165, 1.54) is 25.0 Å². The molecule has 32 heavy (non-hydrogen) atoms. The fourth-order valence-electron chi connectivity index (χ4n) is 3.53. The quantitative estimate of drug-likeness (QED) is 0.346. The van der Waals surface area contributed by atoms with E-state index in [0.29, 0.717) is 11.3 Å². The Labute approximate surface area is 195 Å². The number of anilines is 1. The van der Waals surface area contributed by atoms with E-state index in [4.69, 9.17) is 4.74 Å². The molecule has 5 nitrogen and oxygen atoms in total. The van der Waals surface area contributed by atoms with E-state index in [0.717, 1.165) is 34.4 Å². The van der Waals surface area contributed by atoms with Crippen molar-refractivity contribution in [3.8, 4) is 5.75 Å². The lowest BCUT2D eigenvalue weighted by atomic mass is 10.2. The van der Waals surface area contributed by atoms with Crippen molar-refractivity contribution in [2.45, 2.75) is 19.4 Å². The second-order valence-corrected chi connectivity index (χ2v) is 8.40. The highest BCUT2D eigenvalue weighted by Crippen LogP contribution is 2.26. The SMILES string of the molecule is O=C(N/N=C\c1ccc(OCc2cccc(F)c2)c(Br)c1)c1ccc(N2CCCC2)cc1. The molecule has 4 rings (SSSR count).